The average Bonchev–Trinajstić information content (AvgIpc) is 2.40. The van der Waals surface area contributed by atoms with Gasteiger partial charge in [0.15, 0.2) is 0 Å². The number of carbonyl (C=O) groups excluding carboxylic acids is 1. The standard InChI is InChI=1S/C14H12ClFN2OS/c15-9-1-4-11(5-2-9)18-14(19)8-20-13-6-3-10(17)7-12(13)16/h1-7H,8,17H2,(H,18,19). The highest BCUT2D eigenvalue weighted by atomic mass is 35.5. The first kappa shape index (κ1) is 14.7. The zero-order chi connectivity index (χ0) is 14.5. The lowest BCUT2D eigenvalue weighted by Gasteiger charge is -2.06. The van der Waals surface area contributed by atoms with Gasteiger partial charge in [-0.2, -0.15) is 0 Å². The van der Waals surface area contributed by atoms with Gasteiger partial charge in [-0.25, -0.2) is 4.39 Å². The fourth-order valence-corrected chi connectivity index (χ4v) is 2.35. The van der Waals surface area contributed by atoms with Crippen molar-refractivity contribution in [2.45, 2.75) is 4.90 Å². The third kappa shape index (κ3) is 4.15. The molecule has 1 amide bonds. The Kier molecular flexibility index (Phi) is 4.87. The molecule has 0 fully saturated rings. The molecule has 2 rings (SSSR count). The summed E-state index contributed by atoms with van der Waals surface area (Å²) in [7, 11) is 0. The van der Waals surface area contributed by atoms with Crippen molar-refractivity contribution in [2.24, 2.45) is 0 Å². The smallest absolute Gasteiger partial charge is 0.234 e. The van der Waals surface area contributed by atoms with Gasteiger partial charge in [-0.15, -0.1) is 11.8 Å². The Labute approximate surface area is 125 Å². The zero-order valence-electron chi connectivity index (χ0n) is 10.4. The van der Waals surface area contributed by atoms with E-state index in [0.29, 0.717) is 21.3 Å². The van der Waals surface area contributed by atoms with Crippen molar-refractivity contribution in [1.82, 2.24) is 0 Å². The van der Waals surface area contributed by atoms with Crippen LogP contribution in [0.4, 0.5) is 15.8 Å². The molecule has 0 aromatic heterocycles. The van der Waals surface area contributed by atoms with E-state index in [1.165, 1.54) is 6.07 Å². The number of hydrogen-bond acceptors (Lipinski definition) is 3. The molecule has 0 saturated heterocycles. The number of carbonyl (C=O) groups is 1. The number of amides is 1. The summed E-state index contributed by atoms with van der Waals surface area (Å²) in [4.78, 5) is 12.1. The number of halogens is 2. The average molecular weight is 311 g/mol. The maximum Gasteiger partial charge on any atom is 0.234 e. The SMILES string of the molecule is Nc1ccc(SCC(=O)Nc2ccc(Cl)cc2)c(F)c1. The van der Waals surface area contributed by atoms with Gasteiger partial charge in [0, 0.05) is 21.3 Å². The summed E-state index contributed by atoms with van der Waals surface area (Å²) in [5, 5.41) is 3.30. The van der Waals surface area contributed by atoms with Gasteiger partial charge in [0.2, 0.25) is 5.91 Å². The predicted octanol–water partition coefficient (Wildman–Crippen LogP) is 3.79. The lowest BCUT2D eigenvalue weighted by Crippen LogP contribution is -2.13. The van der Waals surface area contributed by atoms with Crippen LogP contribution in [-0.4, -0.2) is 11.7 Å². The fraction of sp³-hybridized carbons (Fsp3) is 0.0714. The largest absolute Gasteiger partial charge is 0.399 e. The van der Waals surface area contributed by atoms with Gasteiger partial charge in [0.25, 0.3) is 0 Å². The molecule has 0 heterocycles. The molecule has 0 saturated carbocycles. The first-order valence-corrected chi connectivity index (χ1v) is 7.14. The molecular formula is C14H12ClFN2OS. The van der Waals surface area contributed by atoms with Crippen LogP contribution in [0.15, 0.2) is 47.4 Å². The van der Waals surface area contributed by atoms with Gasteiger partial charge in [-0.1, -0.05) is 11.6 Å². The van der Waals surface area contributed by atoms with Crippen molar-refractivity contribution in [1.29, 1.82) is 0 Å². The minimum absolute atomic E-state index is 0.115. The van der Waals surface area contributed by atoms with Gasteiger partial charge in [-0.05, 0) is 42.5 Å². The monoisotopic (exact) mass is 310 g/mol. The molecule has 3 nitrogen and oxygen atoms in total. The van der Waals surface area contributed by atoms with Crippen LogP contribution in [0, 0.1) is 5.82 Å². The fourth-order valence-electron chi connectivity index (χ4n) is 1.51. The Balaban J connectivity index is 1.90. The zero-order valence-corrected chi connectivity index (χ0v) is 12.0. The van der Waals surface area contributed by atoms with E-state index in [9.17, 15) is 9.18 Å². The quantitative estimate of drug-likeness (QED) is 0.667. The summed E-state index contributed by atoms with van der Waals surface area (Å²) in [6.45, 7) is 0. The van der Waals surface area contributed by atoms with Crippen LogP contribution in [0.5, 0.6) is 0 Å². The second-order valence-corrected chi connectivity index (χ2v) is 5.49. The third-order valence-electron chi connectivity index (χ3n) is 2.44. The number of nitrogens with two attached hydrogens (primary N) is 1. The molecule has 0 unspecified atom stereocenters. The molecule has 2 aromatic rings. The molecule has 3 N–H and O–H groups in total. The molecule has 0 bridgehead atoms. The second kappa shape index (κ2) is 6.63. The topological polar surface area (TPSA) is 55.1 Å². The number of rotatable bonds is 4. The van der Waals surface area contributed by atoms with Crippen molar-refractivity contribution >= 4 is 40.6 Å². The van der Waals surface area contributed by atoms with E-state index in [0.717, 1.165) is 11.8 Å². The molecule has 2 aromatic carbocycles. The number of nitrogen functional groups attached to an aromatic ring is 1. The lowest BCUT2D eigenvalue weighted by molar-refractivity contribution is -0.113. The summed E-state index contributed by atoms with van der Waals surface area (Å²) < 4.78 is 13.5. The van der Waals surface area contributed by atoms with E-state index in [-0.39, 0.29) is 11.7 Å². The van der Waals surface area contributed by atoms with Crippen LogP contribution in [0.2, 0.25) is 5.02 Å². The minimum Gasteiger partial charge on any atom is -0.399 e. The summed E-state index contributed by atoms with van der Waals surface area (Å²) in [5.74, 6) is -0.522. The van der Waals surface area contributed by atoms with Crippen LogP contribution in [0.25, 0.3) is 0 Å². The van der Waals surface area contributed by atoms with Gasteiger partial charge >= 0.3 is 0 Å². The van der Waals surface area contributed by atoms with E-state index in [2.05, 4.69) is 5.32 Å². The molecule has 0 aliphatic rings. The van der Waals surface area contributed by atoms with Crippen molar-refractivity contribution in [2.75, 3.05) is 16.8 Å². The highest BCUT2D eigenvalue weighted by Gasteiger charge is 2.07. The van der Waals surface area contributed by atoms with Gasteiger partial charge in [-0.3, -0.25) is 4.79 Å². The Morgan fingerprint density at radius 2 is 1.95 bits per heavy atom. The number of anilines is 2. The Hall–Kier alpha value is -1.72. The molecular weight excluding hydrogens is 299 g/mol. The molecule has 0 atom stereocenters. The Bertz CT molecular complexity index is 619. The highest BCUT2D eigenvalue weighted by molar-refractivity contribution is 8.00. The van der Waals surface area contributed by atoms with Crippen molar-refractivity contribution in [3.05, 3.63) is 53.3 Å². The summed E-state index contributed by atoms with van der Waals surface area (Å²) in [6.07, 6.45) is 0. The maximum atomic E-state index is 13.5. The van der Waals surface area contributed by atoms with Gasteiger partial charge in [0.05, 0.1) is 5.75 Å². The number of benzene rings is 2. The first-order valence-electron chi connectivity index (χ1n) is 5.78. The van der Waals surface area contributed by atoms with E-state index in [1.807, 2.05) is 0 Å². The van der Waals surface area contributed by atoms with Crippen molar-refractivity contribution in [3.63, 3.8) is 0 Å². The summed E-state index contributed by atoms with van der Waals surface area (Å²) >= 11 is 6.87. The molecule has 0 spiro atoms. The van der Waals surface area contributed by atoms with E-state index >= 15 is 0 Å². The number of nitrogens with one attached hydrogen (secondary N) is 1. The third-order valence-corrected chi connectivity index (χ3v) is 3.74. The summed E-state index contributed by atoms with van der Waals surface area (Å²) in [6, 6.07) is 11.2. The minimum atomic E-state index is -0.422. The Morgan fingerprint density at radius 1 is 1.25 bits per heavy atom. The van der Waals surface area contributed by atoms with Gasteiger partial charge in [0.1, 0.15) is 5.82 Å². The van der Waals surface area contributed by atoms with E-state index < -0.39 is 5.82 Å². The van der Waals surface area contributed by atoms with Crippen LogP contribution < -0.4 is 11.1 Å². The molecule has 0 aliphatic carbocycles. The molecule has 0 radical (unpaired) electrons. The Morgan fingerprint density at radius 3 is 2.60 bits per heavy atom. The van der Waals surface area contributed by atoms with Crippen LogP contribution in [0.3, 0.4) is 0 Å². The normalized spacial score (nSPS) is 10.3. The number of hydrogen-bond donors (Lipinski definition) is 2. The molecule has 0 aliphatic heterocycles. The van der Waals surface area contributed by atoms with E-state index in [4.69, 9.17) is 17.3 Å². The molecule has 6 heteroatoms. The molecule has 20 heavy (non-hydrogen) atoms. The van der Waals surface area contributed by atoms with Crippen molar-refractivity contribution in [3.8, 4) is 0 Å². The van der Waals surface area contributed by atoms with Crippen LogP contribution in [0.1, 0.15) is 0 Å². The number of thioether (sulfide) groups is 1. The molecule has 104 valence electrons. The highest BCUT2D eigenvalue weighted by Crippen LogP contribution is 2.23. The van der Waals surface area contributed by atoms with Crippen LogP contribution >= 0.6 is 23.4 Å². The maximum absolute atomic E-state index is 13.5. The second-order valence-electron chi connectivity index (χ2n) is 4.03. The van der Waals surface area contributed by atoms with Gasteiger partial charge < -0.3 is 11.1 Å². The van der Waals surface area contributed by atoms with E-state index in [1.54, 1.807) is 36.4 Å². The summed E-state index contributed by atoms with van der Waals surface area (Å²) in [5.41, 5.74) is 6.47. The lowest BCUT2D eigenvalue weighted by atomic mass is 10.3. The van der Waals surface area contributed by atoms with Crippen molar-refractivity contribution < 1.29 is 9.18 Å². The predicted molar refractivity (Wildman–Crippen MR) is 81.6 cm³/mol. The van der Waals surface area contributed by atoms with Crippen LogP contribution in [-0.2, 0) is 4.79 Å². The first-order chi connectivity index (χ1) is 9.54.